The molecule has 23 heavy (non-hydrogen) atoms. The maximum atomic E-state index is 11.4. The lowest BCUT2D eigenvalue weighted by molar-refractivity contribution is -0.144. The summed E-state index contributed by atoms with van der Waals surface area (Å²) in [7, 11) is 0. The van der Waals surface area contributed by atoms with Crippen molar-refractivity contribution >= 4 is 11.9 Å². The molecule has 0 aromatic heterocycles. The van der Waals surface area contributed by atoms with Crippen LogP contribution in [-0.2, 0) is 20.9 Å². The van der Waals surface area contributed by atoms with Crippen LogP contribution < -0.4 is 4.74 Å². The molecule has 2 aromatic rings. The first kappa shape index (κ1) is 15.1. The summed E-state index contributed by atoms with van der Waals surface area (Å²) in [5.41, 5.74) is 1.72. The van der Waals surface area contributed by atoms with Crippen LogP contribution >= 0.6 is 0 Å². The first-order chi connectivity index (χ1) is 11.1. The Labute approximate surface area is 133 Å². The molecule has 2 aromatic carbocycles. The van der Waals surface area contributed by atoms with Crippen molar-refractivity contribution in [3.63, 3.8) is 0 Å². The highest BCUT2D eigenvalue weighted by atomic mass is 16.6. The predicted octanol–water partition coefficient (Wildman–Crippen LogP) is 2.95. The van der Waals surface area contributed by atoms with Gasteiger partial charge in [-0.3, -0.25) is 9.59 Å². The molecule has 0 radical (unpaired) electrons. The average molecular weight is 312 g/mol. The fourth-order valence-corrected chi connectivity index (χ4v) is 2.57. The van der Waals surface area contributed by atoms with E-state index in [-0.39, 0.29) is 6.42 Å². The molecule has 5 nitrogen and oxygen atoms in total. The van der Waals surface area contributed by atoms with Crippen molar-refractivity contribution in [3.05, 3.63) is 65.7 Å². The number of hydrogen-bond donors (Lipinski definition) is 1. The van der Waals surface area contributed by atoms with Gasteiger partial charge in [-0.05, 0) is 23.3 Å². The number of aliphatic carboxylic acids is 1. The summed E-state index contributed by atoms with van der Waals surface area (Å²) in [6.07, 6.45) is -0.824. The van der Waals surface area contributed by atoms with Gasteiger partial charge in [0.15, 0.2) is 0 Å². The molecule has 0 unspecified atom stereocenters. The number of ether oxygens (including phenoxy) is 2. The maximum absolute atomic E-state index is 11.4. The second-order valence-electron chi connectivity index (χ2n) is 5.40. The van der Waals surface area contributed by atoms with E-state index >= 15 is 0 Å². The van der Waals surface area contributed by atoms with Crippen molar-refractivity contribution in [2.45, 2.75) is 19.1 Å². The molecule has 118 valence electrons. The number of benzene rings is 2. The lowest BCUT2D eigenvalue weighted by Crippen LogP contribution is -2.17. The van der Waals surface area contributed by atoms with Crippen LogP contribution in [0.3, 0.4) is 0 Å². The molecular formula is C18H16O5. The van der Waals surface area contributed by atoms with Gasteiger partial charge in [0.1, 0.15) is 24.4 Å². The minimum atomic E-state index is -1.02. The van der Waals surface area contributed by atoms with E-state index < -0.39 is 24.0 Å². The highest BCUT2D eigenvalue weighted by Crippen LogP contribution is 2.36. The van der Waals surface area contributed by atoms with Gasteiger partial charge in [-0.25, -0.2) is 0 Å². The lowest BCUT2D eigenvalue weighted by Gasteiger charge is -2.15. The Morgan fingerprint density at radius 2 is 1.83 bits per heavy atom. The molecule has 1 aliphatic heterocycles. The summed E-state index contributed by atoms with van der Waals surface area (Å²) in [5.74, 6) is -1.66. The minimum absolute atomic E-state index is 0.0910. The zero-order valence-electron chi connectivity index (χ0n) is 12.3. The smallest absolute Gasteiger partial charge is 0.311 e. The lowest BCUT2D eigenvalue weighted by atomic mass is 9.95. The van der Waals surface area contributed by atoms with Gasteiger partial charge in [0.05, 0.1) is 6.42 Å². The summed E-state index contributed by atoms with van der Waals surface area (Å²) in [5, 5.41) is 9.17. The summed E-state index contributed by atoms with van der Waals surface area (Å²) in [4.78, 5) is 22.6. The van der Waals surface area contributed by atoms with Gasteiger partial charge < -0.3 is 14.6 Å². The third kappa shape index (κ3) is 3.51. The molecule has 3 rings (SSSR count). The molecule has 0 spiro atoms. The Bertz CT molecular complexity index is 693. The van der Waals surface area contributed by atoms with Gasteiger partial charge in [-0.2, -0.15) is 0 Å². The van der Waals surface area contributed by atoms with Crippen molar-refractivity contribution in [2.24, 2.45) is 5.92 Å². The quantitative estimate of drug-likeness (QED) is 0.859. The molecule has 1 aliphatic rings. The second kappa shape index (κ2) is 6.52. The number of hydrogen-bond acceptors (Lipinski definition) is 4. The van der Waals surface area contributed by atoms with Crippen LogP contribution in [0.1, 0.15) is 23.7 Å². The minimum Gasteiger partial charge on any atom is -0.489 e. The zero-order valence-corrected chi connectivity index (χ0v) is 12.3. The zero-order chi connectivity index (χ0) is 16.2. The number of cyclic esters (lactones) is 1. The van der Waals surface area contributed by atoms with Crippen molar-refractivity contribution in [1.82, 2.24) is 0 Å². The number of rotatable bonds is 5. The number of carboxylic acids is 1. The average Bonchev–Trinajstić information content (AvgIpc) is 2.97. The van der Waals surface area contributed by atoms with Crippen molar-refractivity contribution < 1.29 is 24.2 Å². The van der Waals surface area contributed by atoms with Crippen molar-refractivity contribution in [1.29, 1.82) is 0 Å². The van der Waals surface area contributed by atoms with Gasteiger partial charge in [-0.1, -0.05) is 42.5 Å². The largest absolute Gasteiger partial charge is 0.489 e. The summed E-state index contributed by atoms with van der Waals surface area (Å²) in [6, 6.07) is 16.8. The predicted molar refractivity (Wildman–Crippen MR) is 81.8 cm³/mol. The van der Waals surface area contributed by atoms with Crippen LogP contribution in [-0.4, -0.2) is 17.0 Å². The standard InChI is InChI=1S/C18H16O5/c19-16-10-15(18(20)21)17(23-16)13-6-8-14(9-7-13)22-11-12-4-2-1-3-5-12/h1-9,15,17H,10-11H2,(H,20,21)/t15-,17+/m1/s1. The first-order valence-corrected chi connectivity index (χ1v) is 7.32. The van der Waals surface area contributed by atoms with E-state index in [0.717, 1.165) is 5.56 Å². The van der Waals surface area contributed by atoms with E-state index in [2.05, 4.69) is 0 Å². The molecule has 1 heterocycles. The van der Waals surface area contributed by atoms with Gasteiger partial charge in [0.2, 0.25) is 0 Å². The Hall–Kier alpha value is -2.82. The van der Waals surface area contributed by atoms with E-state index in [1.807, 2.05) is 30.3 Å². The van der Waals surface area contributed by atoms with E-state index in [1.54, 1.807) is 24.3 Å². The molecule has 0 bridgehead atoms. The van der Waals surface area contributed by atoms with Crippen LogP contribution in [0.25, 0.3) is 0 Å². The van der Waals surface area contributed by atoms with Crippen LogP contribution in [0.2, 0.25) is 0 Å². The van der Waals surface area contributed by atoms with Crippen LogP contribution in [0.4, 0.5) is 0 Å². The van der Waals surface area contributed by atoms with Gasteiger partial charge in [0, 0.05) is 0 Å². The molecule has 2 atom stereocenters. The van der Waals surface area contributed by atoms with E-state index in [9.17, 15) is 14.7 Å². The Morgan fingerprint density at radius 1 is 1.13 bits per heavy atom. The number of carbonyl (C=O) groups excluding carboxylic acids is 1. The summed E-state index contributed by atoms with van der Waals surface area (Å²) < 4.78 is 10.8. The third-order valence-electron chi connectivity index (χ3n) is 3.78. The second-order valence-corrected chi connectivity index (χ2v) is 5.40. The topological polar surface area (TPSA) is 72.8 Å². The number of carbonyl (C=O) groups is 2. The maximum Gasteiger partial charge on any atom is 0.311 e. The molecule has 1 N–H and O–H groups in total. The molecule has 1 fully saturated rings. The normalized spacial score (nSPS) is 20.1. The number of carboxylic acid groups (broad SMARTS) is 1. The number of esters is 1. The van der Waals surface area contributed by atoms with Crippen LogP contribution in [0.5, 0.6) is 5.75 Å². The fraction of sp³-hybridized carbons (Fsp3) is 0.222. The Kier molecular flexibility index (Phi) is 4.28. The summed E-state index contributed by atoms with van der Waals surface area (Å²) >= 11 is 0. The van der Waals surface area contributed by atoms with Crippen molar-refractivity contribution in [2.75, 3.05) is 0 Å². The summed E-state index contributed by atoms with van der Waals surface area (Å²) in [6.45, 7) is 0.455. The van der Waals surface area contributed by atoms with Gasteiger partial charge >= 0.3 is 11.9 Å². The third-order valence-corrected chi connectivity index (χ3v) is 3.78. The molecule has 0 amide bonds. The Balaban J connectivity index is 1.67. The molecule has 1 saturated heterocycles. The van der Waals surface area contributed by atoms with E-state index in [0.29, 0.717) is 17.9 Å². The van der Waals surface area contributed by atoms with E-state index in [1.165, 1.54) is 0 Å². The molecular weight excluding hydrogens is 296 g/mol. The fourth-order valence-electron chi connectivity index (χ4n) is 2.57. The highest BCUT2D eigenvalue weighted by molar-refractivity contribution is 5.82. The SMILES string of the molecule is O=C1C[C@@H](C(=O)O)[C@H](c2ccc(OCc3ccccc3)cc2)O1. The first-order valence-electron chi connectivity index (χ1n) is 7.32. The van der Waals surface area contributed by atoms with Crippen LogP contribution in [0.15, 0.2) is 54.6 Å². The molecule has 0 saturated carbocycles. The monoisotopic (exact) mass is 312 g/mol. The van der Waals surface area contributed by atoms with Gasteiger partial charge in [-0.15, -0.1) is 0 Å². The highest BCUT2D eigenvalue weighted by Gasteiger charge is 2.40. The van der Waals surface area contributed by atoms with Crippen molar-refractivity contribution in [3.8, 4) is 5.75 Å². The van der Waals surface area contributed by atoms with E-state index in [4.69, 9.17) is 9.47 Å². The van der Waals surface area contributed by atoms with Gasteiger partial charge in [0.25, 0.3) is 0 Å². The van der Waals surface area contributed by atoms with Crippen LogP contribution in [0, 0.1) is 5.92 Å². The molecule has 0 aliphatic carbocycles. The molecule has 5 heteroatoms. The Morgan fingerprint density at radius 3 is 2.48 bits per heavy atom.